The van der Waals surface area contributed by atoms with E-state index in [-0.39, 0.29) is 5.56 Å². The SMILES string of the molecule is CCCCN(C(=O)c1cccc(F)c1F)C(CC=CCN1CCC(C)CC1)c1nc2ccccc2[nH]1. The van der Waals surface area contributed by atoms with Gasteiger partial charge in [0, 0.05) is 13.1 Å². The molecule has 1 aliphatic heterocycles. The highest BCUT2D eigenvalue weighted by Gasteiger charge is 2.29. The average molecular weight is 495 g/mol. The van der Waals surface area contributed by atoms with Gasteiger partial charge < -0.3 is 9.88 Å². The number of para-hydroxylation sites is 2. The summed E-state index contributed by atoms with van der Waals surface area (Å²) in [5, 5.41) is 0. The predicted octanol–water partition coefficient (Wildman–Crippen LogP) is 6.50. The summed E-state index contributed by atoms with van der Waals surface area (Å²) in [5.41, 5.74) is 1.44. The first-order valence-electron chi connectivity index (χ1n) is 13.0. The number of unbranched alkanes of at least 4 members (excludes halogenated alkanes) is 1. The summed E-state index contributed by atoms with van der Waals surface area (Å²) in [6, 6.07) is 11.0. The van der Waals surface area contributed by atoms with E-state index < -0.39 is 23.6 Å². The Hall–Kier alpha value is -3.06. The number of imidazole rings is 1. The van der Waals surface area contributed by atoms with E-state index in [1.54, 1.807) is 4.90 Å². The lowest BCUT2D eigenvalue weighted by Gasteiger charge is -2.31. The Morgan fingerprint density at radius 3 is 2.69 bits per heavy atom. The number of amides is 1. The molecule has 1 amide bonds. The maximum Gasteiger partial charge on any atom is 0.257 e. The van der Waals surface area contributed by atoms with Gasteiger partial charge >= 0.3 is 0 Å². The van der Waals surface area contributed by atoms with Crippen molar-refractivity contribution in [2.24, 2.45) is 5.92 Å². The van der Waals surface area contributed by atoms with Crippen molar-refractivity contribution in [1.29, 1.82) is 0 Å². The third kappa shape index (κ3) is 6.19. The molecule has 0 aliphatic carbocycles. The highest BCUT2D eigenvalue weighted by Crippen LogP contribution is 2.28. The van der Waals surface area contributed by atoms with Crippen molar-refractivity contribution >= 4 is 16.9 Å². The van der Waals surface area contributed by atoms with Gasteiger partial charge in [0.25, 0.3) is 5.91 Å². The first-order chi connectivity index (χ1) is 17.5. The van der Waals surface area contributed by atoms with Gasteiger partial charge in [0.2, 0.25) is 0 Å². The molecule has 4 rings (SSSR count). The molecule has 3 aromatic rings. The van der Waals surface area contributed by atoms with E-state index in [2.05, 4.69) is 29.0 Å². The second kappa shape index (κ2) is 12.3. The van der Waals surface area contributed by atoms with Crippen LogP contribution in [-0.2, 0) is 0 Å². The van der Waals surface area contributed by atoms with E-state index in [0.29, 0.717) is 18.8 Å². The minimum absolute atomic E-state index is 0.251. The number of fused-ring (bicyclic) bond motifs is 1. The molecule has 1 N–H and O–H groups in total. The Bertz CT molecular complexity index is 1150. The number of nitrogens with zero attached hydrogens (tertiary/aromatic N) is 3. The summed E-state index contributed by atoms with van der Waals surface area (Å²) in [4.78, 5) is 25.8. The summed E-state index contributed by atoms with van der Waals surface area (Å²) in [5.74, 6) is -1.23. The molecule has 1 fully saturated rings. The lowest BCUT2D eigenvalue weighted by atomic mass is 9.99. The smallest absolute Gasteiger partial charge is 0.257 e. The zero-order chi connectivity index (χ0) is 25.5. The standard InChI is InChI=1S/C29H36F2N4O/c1-3-4-18-35(29(36)22-10-9-11-23(30)27(22)31)26(28-32-24-12-5-6-13-25(24)33-28)14-7-8-17-34-19-15-21(2)16-20-34/h5-13,21,26H,3-4,14-20H2,1-2H3,(H,32,33). The number of rotatable bonds is 10. The number of halogens is 2. The molecule has 2 heterocycles. The first-order valence-corrected chi connectivity index (χ1v) is 13.0. The average Bonchev–Trinajstić information content (AvgIpc) is 3.32. The maximum atomic E-state index is 14.6. The van der Waals surface area contributed by atoms with Crippen LogP contribution in [0, 0.1) is 17.6 Å². The second-order valence-corrected chi connectivity index (χ2v) is 9.80. The normalized spacial score (nSPS) is 16.1. The molecule has 2 aromatic carbocycles. The highest BCUT2D eigenvalue weighted by molar-refractivity contribution is 5.94. The molecule has 0 spiro atoms. The van der Waals surface area contributed by atoms with Crippen molar-refractivity contribution in [2.75, 3.05) is 26.2 Å². The zero-order valence-electron chi connectivity index (χ0n) is 21.2. The van der Waals surface area contributed by atoms with E-state index in [4.69, 9.17) is 4.98 Å². The number of nitrogens with one attached hydrogen (secondary N) is 1. The number of aromatic amines is 1. The third-order valence-electron chi connectivity index (χ3n) is 7.06. The molecule has 192 valence electrons. The molecule has 0 bridgehead atoms. The Morgan fingerprint density at radius 2 is 1.94 bits per heavy atom. The van der Waals surface area contributed by atoms with E-state index in [9.17, 15) is 13.6 Å². The number of piperidine rings is 1. The first kappa shape index (κ1) is 26.0. The topological polar surface area (TPSA) is 52.2 Å². The van der Waals surface area contributed by atoms with E-state index in [1.165, 1.54) is 25.0 Å². The number of aromatic nitrogens is 2. The van der Waals surface area contributed by atoms with E-state index in [1.807, 2.05) is 31.2 Å². The molecular weight excluding hydrogens is 458 g/mol. The van der Waals surface area contributed by atoms with Crippen molar-refractivity contribution in [2.45, 2.75) is 52.0 Å². The van der Waals surface area contributed by atoms with Gasteiger partial charge in [-0.05, 0) is 69.0 Å². The fraction of sp³-hybridized carbons (Fsp3) is 0.448. The molecule has 1 aromatic heterocycles. The molecule has 1 aliphatic rings. The van der Waals surface area contributed by atoms with Crippen LogP contribution < -0.4 is 0 Å². The maximum absolute atomic E-state index is 14.6. The zero-order valence-corrected chi connectivity index (χ0v) is 21.2. The fourth-order valence-electron chi connectivity index (χ4n) is 4.76. The van der Waals surface area contributed by atoms with Gasteiger partial charge in [-0.1, -0.05) is 50.6 Å². The van der Waals surface area contributed by atoms with Crippen molar-refractivity contribution in [3.8, 4) is 0 Å². The number of benzene rings is 2. The summed E-state index contributed by atoms with van der Waals surface area (Å²) in [7, 11) is 0. The fourth-order valence-corrected chi connectivity index (χ4v) is 4.76. The molecular formula is C29H36F2N4O. The Labute approximate surface area is 212 Å². The van der Waals surface area contributed by atoms with Crippen molar-refractivity contribution < 1.29 is 13.6 Å². The Morgan fingerprint density at radius 1 is 1.17 bits per heavy atom. The van der Waals surface area contributed by atoms with Gasteiger partial charge in [-0.15, -0.1) is 0 Å². The van der Waals surface area contributed by atoms with Crippen LogP contribution in [0.4, 0.5) is 8.78 Å². The predicted molar refractivity (Wildman–Crippen MR) is 140 cm³/mol. The van der Waals surface area contributed by atoms with E-state index >= 15 is 0 Å². The summed E-state index contributed by atoms with van der Waals surface area (Å²) in [6.45, 7) is 7.82. The van der Waals surface area contributed by atoms with Crippen molar-refractivity contribution in [1.82, 2.24) is 19.8 Å². The lowest BCUT2D eigenvalue weighted by molar-refractivity contribution is 0.0660. The molecule has 5 nitrogen and oxygen atoms in total. The van der Waals surface area contributed by atoms with Gasteiger partial charge in [-0.3, -0.25) is 9.69 Å². The van der Waals surface area contributed by atoms with Crippen LogP contribution in [0.5, 0.6) is 0 Å². The van der Waals surface area contributed by atoms with Gasteiger partial charge in [0.05, 0.1) is 22.6 Å². The van der Waals surface area contributed by atoms with Gasteiger partial charge in [-0.2, -0.15) is 0 Å². The van der Waals surface area contributed by atoms with Crippen LogP contribution in [0.3, 0.4) is 0 Å². The van der Waals surface area contributed by atoms with Crippen LogP contribution in [0.2, 0.25) is 0 Å². The number of hydrogen-bond acceptors (Lipinski definition) is 3. The number of H-pyrrole nitrogens is 1. The summed E-state index contributed by atoms with van der Waals surface area (Å²) in [6.07, 6.45) is 8.81. The molecule has 0 saturated carbocycles. The number of carbonyl (C=O) groups is 1. The third-order valence-corrected chi connectivity index (χ3v) is 7.06. The number of carbonyl (C=O) groups excluding carboxylic acids is 1. The van der Waals surface area contributed by atoms with Gasteiger partial charge in [0.15, 0.2) is 11.6 Å². The van der Waals surface area contributed by atoms with Crippen LogP contribution in [0.15, 0.2) is 54.6 Å². The van der Waals surface area contributed by atoms with Gasteiger partial charge in [0.1, 0.15) is 5.82 Å². The Balaban J connectivity index is 1.62. The van der Waals surface area contributed by atoms with Crippen molar-refractivity contribution in [3.05, 3.63) is 77.6 Å². The number of likely N-dealkylation sites (tertiary alicyclic amines) is 1. The monoisotopic (exact) mass is 494 g/mol. The number of hydrogen-bond donors (Lipinski definition) is 1. The van der Waals surface area contributed by atoms with E-state index in [0.717, 1.165) is 55.5 Å². The highest BCUT2D eigenvalue weighted by atomic mass is 19.2. The van der Waals surface area contributed by atoms with Crippen LogP contribution >= 0.6 is 0 Å². The molecule has 0 radical (unpaired) electrons. The largest absolute Gasteiger partial charge is 0.340 e. The van der Waals surface area contributed by atoms with Crippen LogP contribution in [0.1, 0.15) is 68.2 Å². The second-order valence-electron chi connectivity index (χ2n) is 9.80. The molecule has 1 unspecified atom stereocenters. The van der Waals surface area contributed by atoms with Crippen LogP contribution in [-0.4, -0.2) is 51.9 Å². The minimum Gasteiger partial charge on any atom is -0.340 e. The quantitative estimate of drug-likeness (QED) is 0.327. The summed E-state index contributed by atoms with van der Waals surface area (Å²) >= 11 is 0. The van der Waals surface area contributed by atoms with Crippen LogP contribution in [0.25, 0.3) is 11.0 Å². The minimum atomic E-state index is -1.11. The summed E-state index contributed by atoms with van der Waals surface area (Å²) < 4.78 is 28.6. The lowest BCUT2D eigenvalue weighted by Crippen LogP contribution is -2.37. The molecule has 1 atom stereocenters. The van der Waals surface area contributed by atoms with Gasteiger partial charge in [-0.25, -0.2) is 13.8 Å². The molecule has 1 saturated heterocycles. The Kier molecular flexibility index (Phi) is 8.86. The molecule has 36 heavy (non-hydrogen) atoms. The van der Waals surface area contributed by atoms with Crippen molar-refractivity contribution in [3.63, 3.8) is 0 Å². The molecule has 7 heteroatoms.